The van der Waals surface area contributed by atoms with E-state index in [9.17, 15) is 18.7 Å². The zero-order valence-electron chi connectivity index (χ0n) is 21.9. The lowest BCUT2D eigenvalue weighted by atomic mass is 9.72. The number of halogens is 2. The fourth-order valence-electron chi connectivity index (χ4n) is 6.16. The summed E-state index contributed by atoms with van der Waals surface area (Å²) >= 11 is 0. The molecule has 3 aliphatic rings. The normalized spacial score (nSPS) is 29.3. The van der Waals surface area contributed by atoms with E-state index >= 15 is 0 Å². The maximum absolute atomic E-state index is 13.7. The van der Waals surface area contributed by atoms with Gasteiger partial charge in [0.1, 0.15) is 11.8 Å². The summed E-state index contributed by atoms with van der Waals surface area (Å²) in [7, 11) is 0. The van der Waals surface area contributed by atoms with E-state index in [0.717, 1.165) is 50.0 Å². The van der Waals surface area contributed by atoms with Gasteiger partial charge in [-0.15, -0.1) is 0 Å². The van der Waals surface area contributed by atoms with Crippen LogP contribution in [0.1, 0.15) is 86.3 Å². The first-order chi connectivity index (χ1) is 17.5. The van der Waals surface area contributed by atoms with E-state index in [1.165, 1.54) is 12.3 Å². The second kappa shape index (κ2) is 9.58. The molecule has 0 spiro atoms. The number of morpholine rings is 1. The first-order valence-electron chi connectivity index (χ1n) is 13.1. The zero-order chi connectivity index (χ0) is 26.5. The molecular formula is C28H36F2N4O3. The number of aliphatic hydroxyl groups is 1. The maximum Gasteiger partial charge on any atom is 0.286 e. The molecule has 7 nitrogen and oxygen atoms in total. The molecule has 1 aliphatic carbocycles. The fraction of sp³-hybridized carbons (Fsp3) is 0.607. The number of ether oxygens (including phenoxy) is 1. The van der Waals surface area contributed by atoms with Gasteiger partial charge in [-0.05, 0) is 54.9 Å². The minimum absolute atomic E-state index is 0.0670. The Morgan fingerprint density at radius 1 is 1.27 bits per heavy atom. The minimum Gasteiger partial charge on any atom is -0.386 e. The molecule has 2 aliphatic heterocycles. The van der Waals surface area contributed by atoms with Crippen molar-refractivity contribution >= 4 is 11.6 Å². The second-order valence-corrected chi connectivity index (χ2v) is 11.6. The molecule has 4 heterocycles. The lowest BCUT2D eigenvalue weighted by Gasteiger charge is -2.52. The van der Waals surface area contributed by atoms with Crippen molar-refractivity contribution in [3.63, 3.8) is 0 Å². The van der Waals surface area contributed by atoms with Crippen LogP contribution in [0.5, 0.6) is 0 Å². The summed E-state index contributed by atoms with van der Waals surface area (Å²) in [6, 6.07) is 4.79. The van der Waals surface area contributed by atoms with Crippen LogP contribution in [-0.2, 0) is 10.7 Å². The third-order valence-corrected chi connectivity index (χ3v) is 8.61. The second-order valence-electron chi connectivity index (χ2n) is 11.6. The molecule has 2 N–H and O–H groups in total. The van der Waals surface area contributed by atoms with Gasteiger partial charge < -0.3 is 20.1 Å². The molecule has 9 heteroatoms. The van der Waals surface area contributed by atoms with Crippen molar-refractivity contribution in [2.24, 2.45) is 11.3 Å². The first-order valence-corrected chi connectivity index (χ1v) is 13.1. The Balaban J connectivity index is 1.36. The van der Waals surface area contributed by atoms with E-state index in [2.05, 4.69) is 42.0 Å². The topological polar surface area (TPSA) is 87.6 Å². The van der Waals surface area contributed by atoms with Gasteiger partial charge in [0.05, 0.1) is 30.6 Å². The van der Waals surface area contributed by atoms with Gasteiger partial charge in [-0.2, -0.15) is 8.78 Å². The molecule has 0 radical (unpaired) electrons. The summed E-state index contributed by atoms with van der Waals surface area (Å²) in [6.07, 6.45) is 4.93. The van der Waals surface area contributed by atoms with Crippen LogP contribution < -0.4 is 10.2 Å². The number of anilines is 1. The van der Waals surface area contributed by atoms with Crippen molar-refractivity contribution in [1.82, 2.24) is 15.3 Å². The number of rotatable bonds is 4. The smallest absolute Gasteiger partial charge is 0.286 e. The quantitative estimate of drug-likeness (QED) is 0.622. The van der Waals surface area contributed by atoms with Crippen molar-refractivity contribution in [2.45, 2.75) is 77.0 Å². The largest absolute Gasteiger partial charge is 0.386 e. The van der Waals surface area contributed by atoms with Gasteiger partial charge in [0, 0.05) is 42.9 Å². The number of aromatic nitrogens is 2. The molecule has 5 rings (SSSR count). The van der Waals surface area contributed by atoms with Crippen molar-refractivity contribution in [1.29, 1.82) is 0 Å². The van der Waals surface area contributed by atoms with Gasteiger partial charge in [-0.25, -0.2) is 0 Å². The summed E-state index contributed by atoms with van der Waals surface area (Å²) < 4.78 is 33.2. The number of amides is 1. The molecule has 5 atom stereocenters. The van der Waals surface area contributed by atoms with Crippen molar-refractivity contribution in [3.8, 4) is 0 Å². The Hall–Kier alpha value is -2.65. The summed E-state index contributed by atoms with van der Waals surface area (Å²) in [5, 5.41) is 14.2. The number of aliphatic hydroxyl groups excluding tert-OH is 1. The van der Waals surface area contributed by atoms with Crippen LogP contribution in [-0.4, -0.2) is 52.8 Å². The average molecular weight is 515 g/mol. The third kappa shape index (κ3) is 4.83. The summed E-state index contributed by atoms with van der Waals surface area (Å²) in [5.41, 5.74) is 2.17. The van der Waals surface area contributed by atoms with Gasteiger partial charge in [-0.3, -0.25) is 14.8 Å². The van der Waals surface area contributed by atoms with E-state index < -0.39 is 17.7 Å². The Labute approximate surface area is 216 Å². The SMILES string of the molecule is CC1CCC(NC(=O)c2ccnc(C(C)(F)F)c2)C[C@H]1c1cnc2c(c1)N1CCOCC1C(C)(C)C2O. The predicted octanol–water partition coefficient (Wildman–Crippen LogP) is 4.57. The molecule has 37 heavy (non-hydrogen) atoms. The number of hydrogen-bond donors (Lipinski definition) is 2. The number of carbonyl (C=O) groups excluding carboxylic acids is 1. The molecule has 2 fully saturated rings. The van der Waals surface area contributed by atoms with Crippen LogP contribution in [0.3, 0.4) is 0 Å². The fourth-order valence-corrected chi connectivity index (χ4v) is 6.16. The van der Waals surface area contributed by atoms with Crippen molar-refractivity contribution in [2.75, 3.05) is 24.7 Å². The molecule has 4 unspecified atom stereocenters. The van der Waals surface area contributed by atoms with E-state index in [-0.39, 0.29) is 34.9 Å². The van der Waals surface area contributed by atoms with E-state index in [1.54, 1.807) is 0 Å². The van der Waals surface area contributed by atoms with Gasteiger partial charge in [0.25, 0.3) is 11.8 Å². The van der Waals surface area contributed by atoms with Gasteiger partial charge in [0.2, 0.25) is 0 Å². The monoisotopic (exact) mass is 514 g/mol. The van der Waals surface area contributed by atoms with Crippen LogP contribution in [0.15, 0.2) is 30.6 Å². The van der Waals surface area contributed by atoms with E-state index in [0.29, 0.717) is 24.8 Å². The van der Waals surface area contributed by atoms with Crippen LogP contribution in [0, 0.1) is 11.3 Å². The Bertz CT molecular complexity index is 1170. The number of fused-ring (bicyclic) bond motifs is 3. The molecule has 1 saturated carbocycles. The summed E-state index contributed by atoms with van der Waals surface area (Å²) in [6.45, 7) is 9.08. The lowest BCUT2D eigenvalue weighted by Crippen LogP contribution is -2.58. The molecule has 200 valence electrons. The number of nitrogens with zero attached hydrogens (tertiary/aromatic N) is 3. The highest BCUT2D eigenvalue weighted by atomic mass is 19.3. The third-order valence-electron chi connectivity index (χ3n) is 8.61. The number of hydrogen-bond acceptors (Lipinski definition) is 6. The summed E-state index contributed by atoms with van der Waals surface area (Å²) in [4.78, 5) is 23.7. The highest BCUT2D eigenvalue weighted by molar-refractivity contribution is 5.94. The molecule has 0 bridgehead atoms. The first kappa shape index (κ1) is 26.0. The van der Waals surface area contributed by atoms with Crippen LogP contribution in [0.2, 0.25) is 0 Å². The van der Waals surface area contributed by atoms with Gasteiger partial charge in [0.15, 0.2) is 0 Å². The van der Waals surface area contributed by atoms with E-state index in [1.807, 2.05) is 6.20 Å². The summed E-state index contributed by atoms with van der Waals surface area (Å²) in [5.74, 6) is -2.90. The average Bonchev–Trinajstić information content (AvgIpc) is 2.88. The molecule has 1 amide bonds. The van der Waals surface area contributed by atoms with Crippen molar-refractivity contribution < 1.29 is 23.4 Å². The maximum atomic E-state index is 13.7. The molecule has 2 aromatic rings. The Morgan fingerprint density at radius 3 is 2.81 bits per heavy atom. The van der Waals surface area contributed by atoms with Crippen LogP contribution in [0.4, 0.5) is 14.5 Å². The number of alkyl halides is 2. The van der Waals surface area contributed by atoms with Gasteiger partial charge in [-0.1, -0.05) is 20.8 Å². The molecule has 0 aromatic carbocycles. The van der Waals surface area contributed by atoms with Crippen LogP contribution >= 0.6 is 0 Å². The number of nitrogens with one attached hydrogen (secondary N) is 1. The molecular weight excluding hydrogens is 478 g/mol. The minimum atomic E-state index is -3.11. The highest BCUT2D eigenvalue weighted by Crippen LogP contribution is 2.49. The Morgan fingerprint density at radius 2 is 2.05 bits per heavy atom. The zero-order valence-corrected chi connectivity index (χ0v) is 21.9. The highest BCUT2D eigenvalue weighted by Gasteiger charge is 2.48. The molecule has 1 saturated heterocycles. The lowest BCUT2D eigenvalue weighted by molar-refractivity contribution is -0.0288. The van der Waals surface area contributed by atoms with Crippen LogP contribution in [0.25, 0.3) is 0 Å². The Kier molecular flexibility index (Phi) is 6.73. The van der Waals surface area contributed by atoms with E-state index in [4.69, 9.17) is 9.72 Å². The number of carbonyl (C=O) groups is 1. The molecule has 2 aromatic heterocycles. The number of pyridine rings is 2. The van der Waals surface area contributed by atoms with Gasteiger partial charge >= 0.3 is 0 Å². The predicted molar refractivity (Wildman–Crippen MR) is 136 cm³/mol. The standard InChI is InChI=1S/C28H36F2N4O3/c1-16-5-6-19(33-26(36)17-7-8-31-22(12-17)28(4,29)30)13-20(16)18-11-21-24(32-14-18)25(35)27(2,3)23-15-37-10-9-34(21)23/h7-8,11-12,14,16,19-20,23,25,35H,5-6,9-10,13,15H2,1-4H3,(H,33,36)/t16?,19?,20-,23?,25?/m1/s1. The van der Waals surface area contributed by atoms with Crippen molar-refractivity contribution in [3.05, 3.63) is 53.1 Å².